The van der Waals surface area contributed by atoms with Crippen molar-refractivity contribution in [3.63, 3.8) is 0 Å². The van der Waals surface area contributed by atoms with Gasteiger partial charge in [-0.05, 0) is 37.9 Å². The summed E-state index contributed by atoms with van der Waals surface area (Å²) in [5, 5.41) is 10.8. The molecular formula is C11H4Br2ClFN2O3. The van der Waals surface area contributed by atoms with E-state index >= 15 is 0 Å². The Labute approximate surface area is 134 Å². The van der Waals surface area contributed by atoms with Crippen LogP contribution < -0.4 is 4.74 Å². The van der Waals surface area contributed by atoms with Crippen LogP contribution >= 0.6 is 43.5 Å². The number of rotatable bonds is 3. The van der Waals surface area contributed by atoms with Crippen LogP contribution in [0.5, 0.6) is 11.6 Å². The number of benzene rings is 1. The Morgan fingerprint density at radius 2 is 1.90 bits per heavy atom. The average Bonchev–Trinajstić information content (AvgIpc) is 2.35. The van der Waals surface area contributed by atoms with E-state index in [2.05, 4.69) is 36.8 Å². The topological polar surface area (TPSA) is 65.3 Å². The third kappa shape index (κ3) is 3.25. The maximum Gasteiger partial charge on any atom is 0.271 e. The molecule has 104 valence electrons. The third-order valence-electron chi connectivity index (χ3n) is 2.17. The highest BCUT2D eigenvalue weighted by molar-refractivity contribution is 9.11. The molecule has 0 atom stereocenters. The number of halogens is 4. The van der Waals surface area contributed by atoms with Gasteiger partial charge in [0.1, 0.15) is 0 Å². The zero-order valence-electron chi connectivity index (χ0n) is 9.44. The Morgan fingerprint density at radius 1 is 1.30 bits per heavy atom. The Bertz CT molecular complexity index is 676. The summed E-state index contributed by atoms with van der Waals surface area (Å²) < 4.78 is 19.5. The van der Waals surface area contributed by atoms with Crippen molar-refractivity contribution in [2.24, 2.45) is 0 Å². The van der Waals surface area contributed by atoms with Gasteiger partial charge in [0.15, 0.2) is 11.6 Å². The second-order valence-electron chi connectivity index (χ2n) is 3.54. The first-order valence-electron chi connectivity index (χ1n) is 5.01. The highest BCUT2D eigenvalue weighted by Crippen LogP contribution is 2.39. The van der Waals surface area contributed by atoms with Crippen LogP contribution in [0.2, 0.25) is 5.02 Å². The molecule has 9 heteroatoms. The zero-order chi connectivity index (χ0) is 14.9. The van der Waals surface area contributed by atoms with Crippen LogP contribution in [0.3, 0.4) is 0 Å². The Kier molecular flexibility index (Phi) is 4.56. The lowest BCUT2D eigenvalue weighted by Gasteiger charge is -2.09. The molecule has 0 amide bonds. The van der Waals surface area contributed by atoms with Gasteiger partial charge in [-0.2, -0.15) is 0 Å². The second kappa shape index (κ2) is 6.02. The van der Waals surface area contributed by atoms with E-state index in [1.54, 1.807) is 0 Å². The van der Waals surface area contributed by atoms with Crippen LogP contribution in [0.4, 0.5) is 10.1 Å². The van der Waals surface area contributed by atoms with Gasteiger partial charge in [0, 0.05) is 18.3 Å². The molecule has 2 aromatic rings. The monoisotopic (exact) mass is 424 g/mol. The summed E-state index contributed by atoms with van der Waals surface area (Å²) in [6, 6.07) is 3.54. The maximum absolute atomic E-state index is 13.6. The summed E-state index contributed by atoms with van der Waals surface area (Å²) in [6.07, 6.45) is 1.23. The Morgan fingerprint density at radius 3 is 2.40 bits per heavy atom. The average molecular weight is 426 g/mol. The predicted octanol–water partition coefficient (Wildman–Crippen LogP) is 5.10. The fourth-order valence-corrected chi connectivity index (χ4v) is 2.79. The Balaban J connectivity index is 2.41. The molecule has 1 heterocycles. The summed E-state index contributed by atoms with van der Waals surface area (Å²) in [7, 11) is 0. The van der Waals surface area contributed by atoms with Crippen LogP contribution in [0.15, 0.2) is 33.3 Å². The first-order chi connectivity index (χ1) is 9.38. The van der Waals surface area contributed by atoms with Gasteiger partial charge in [-0.1, -0.05) is 11.6 Å². The highest BCUT2D eigenvalue weighted by atomic mass is 79.9. The van der Waals surface area contributed by atoms with Crippen LogP contribution in [0.25, 0.3) is 0 Å². The van der Waals surface area contributed by atoms with Gasteiger partial charge in [0.2, 0.25) is 0 Å². The van der Waals surface area contributed by atoms with E-state index in [4.69, 9.17) is 16.3 Å². The first-order valence-corrected chi connectivity index (χ1v) is 6.97. The van der Waals surface area contributed by atoms with Gasteiger partial charge in [-0.25, -0.2) is 9.37 Å². The minimum atomic E-state index is -0.741. The largest absolute Gasteiger partial charge is 0.434 e. The summed E-state index contributed by atoms with van der Waals surface area (Å²) in [5.74, 6) is -0.858. The highest BCUT2D eigenvalue weighted by Gasteiger charge is 2.17. The maximum atomic E-state index is 13.6. The molecule has 0 aliphatic rings. The van der Waals surface area contributed by atoms with Gasteiger partial charge in [-0.3, -0.25) is 10.1 Å². The number of hydrogen-bond acceptors (Lipinski definition) is 4. The number of non-ortho nitro benzene ring substituents is 1. The number of pyridine rings is 1. The van der Waals surface area contributed by atoms with Crippen LogP contribution in [0, 0.1) is 15.9 Å². The number of aromatic nitrogens is 1. The molecule has 0 aliphatic carbocycles. The van der Waals surface area contributed by atoms with E-state index in [9.17, 15) is 14.5 Å². The number of nitrogens with zero attached hydrogens (tertiary/aromatic N) is 2. The normalized spacial score (nSPS) is 10.4. The number of ether oxygens (including phenoxy) is 1. The molecule has 2 rings (SSSR count). The molecule has 0 unspecified atom stereocenters. The molecule has 0 bridgehead atoms. The smallest absolute Gasteiger partial charge is 0.271 e. The fourth-order valence-electron chi connectivity index (χ4n) is 1.32. The summed E-state index contributed by atoms with van der Waals surface area (Å²) in [5.41, 5.74) is -0.138. The minimum absolute atomic E-state index is 0.136. The van der Waals surface area contributed by atoms with E-state index in [1.165, 1.54) is 18.3 Å². The van der Waals surface area contributed by atoms with Crippen LogP contribution in [-0.4, -0.2) is 9.91 Å². The molecule has 0 fully saturated rings. The van der Waals surface area contributed by atoms with Crippen molar-refractivity contribution in [2.75, 3.05) is 0 Å². The predicted molar refractivity (Wildman–Crippen MR) is 77.8 cm³/mol. The van der Waals surface area contributed by atoms with E-state index in [0.29, 0.717) is 0 Å². The van der Waals surface area contributed by atoms with Crippen molar-refractivity contribution >= 4 is 49.1 Å². The molecule has 1 aromatic heterocycles. The van der Waals surface area contributed by atoms with E-state index in [0.717, 1.165) is 6.07 Å². The van der Waals surface area contributed by atoms with Gasteiger partial charge in [0.25, 0.3) is 11.6 Å². The molecule has 0 N–H and O–H groups in total. The van der Waals surface area contributed by atoms with Crippen molar-refractivity contribution in [1.29, 1.82) is 0 Å². The zero-order valence-corrected chi connectivity index (χ0v) is 13.4. The van der Waals surface area contributed by atoms with Gasteiger partial charge >= 0.3 is 0 Å². The summed E-state index contributed by atoms with van der Waals surface area (Å²) >= 11 is 11.8. The lowest BCUT2D eigenvalue weighted by atomic mass is 10.3. The summed E-state index contributed by atoms with van der Waals surface area (Å²) in [4.78, 5) is 13.9. The first kappa shape index (κ1) is 15.1. The molecule has 0 radical (unpaired) electrons. The quantitative estimate of drug-likeness (QED) is 0.506. The lowest BCUT2D eigenvalue weighted by Crippen LogP contribution is -1.95. The molecule has 1 aromatic carbocycles. The lowest BCUT2D eigenvalue weighted by molar-refractivity contribution is -0.385. The number of hydrogen-bond donors (Lipinski definition) is 0. The number of nitro groups is 1. The van der Waals surface area contributed by atoms with Crippen LogP contribution in [0.1, 0.15) is 0 Å². The van der Waals surface area contributed by atoms with Crippen molar-refractivity contribution in [2.45, 2.75) is 0 Å². The second-order valence-corrected chi connectivity index (χ2v) is 5.68. The summed E-state index contributed by atoms with van der Waals surface area (Å²) in [6.45, 7) is 0. The molecule has 0 aliphatic heterocycles. The van der Waals surface area contributed by atoms with Crippen molar-refractivity contribution in [1.82, 2.24) is 4.98 Å². The standard InChI is InChI=1S/C11H4Br2ClFN2O3/c12-7-2-6(17(18)19)3-8(13)10(7)20-11-9(15)1-5(14)4-16-11/h1-4H. The van der Waals surface area contributed by atoms with E-state index in [1.807, 2.05) is 0 Å². The molecule has 0 saturated carbocycles. The van der Waals surface area contributed by atoms with Crippen molar-refractivity contribution in [3.05, 3.63) is 54.3 Å². The van der Waals surface area contributed by atoms with Crippen molar-refractivity contribution in [3.8, 4) is 11.6 Å². The molecular weight excluding hydrogens is 422 g/mol. The SMILES string of the molecule is O=[N+]([O-])c1cc(Br)c(Oc2ncc(Cl)cc2F)c(Br)c1. The van der Waals surface area contributed by atoms with Crippen molar-refractivity contribution < 1.29 is 14.1 Å². The fraction of sp³-hybridized carbons (Fsp3) is 0. The number of nitro benzene ring substituents is 1. The van der Waals surface area contributed by atoms with Gasteiger partial charge in [0.05, 0.1) is 18.9 Å². The molecule has 20 heavy (non-hydrogen) atoms. The van der Waals surface area contributed by atoms with Gasteiger partial charge < -0.3 is 4.74 Å². The van der Waals surface area contributed by atoms with E-state index < -0.39 is 10.7 Å². The van der Waals surface area contributed by atoms with Crippen LogP contribution in [-0.2, 0) is 0 Å². The molecule has 0 spiro atoms. The molecule has 5 nitrogen and oxygen atoms in total. The van der Waals surface area contributed by atoms with Gasteiger partial charge in [-0.15, -0.1) is 0 Å². The van der Waals surface area contributed by atoms with E-state index in [-0.39, 0.29) is 31.3 Å². The molecule has 0 saturated heterocycles. The third-order valence-corrected chi connectivity index (χ3v) is 3.55. The Hall–Kier alpha value is -1.25. The minimum Gasteiger partial charge on any atom is -0.434 e.